The van der Waals surface area contributed by atoms with Crippen LogP contribution in [0.2, 0.25) is 0 Å². The van der Waals surface area contributed by atoms with Gasteiger partial charge in [0.1, 0.15) is 0 Å². The number of hydrogen-bond acceptors (Lipinski definition) is 3. The third-order valence-corrected chi connectivity index (χ3v) is 2.37. The molecule has 76 valence electrons. The maximum atomic E-state index is 5.32. The van der Waals surface area contributed by atoms with Gasteiger partial charge in [0.15, 0.2) is 11.6 Å². The number of nitrogens with zero attached hydrogens (tertiary/aromatic N) is 1. The van der Waals surface area contributed by atoms with E-state index in [9.17, 15) is 0 Å². The van der Waals surface area contributed by atoms with Crippen molar-refractivity contribution in [2.24, 2.45) is 4.99 Å². The molecule has 0 spiro atoms. The highest BCUT2D eigenvalue weighted by atomic mass is 16.3. The summed E-state index contributed by atoms with van der Waals surface area (Å²) in [5, 5.41) is 3.38. The summed E-state index contributed by atoms with van der Waals surface area (Å²) < 4.78 is 5.32. The predicted molar refractivity (Wildman–Crippen MR) is 56.5 cm³/mol. The van der Waals surface area contributed by atoms with Gasteiger partial charge in [0.25, 0.3) is 0 Å². The van der Waals surface area contributed by atoms with Crippen molar-refractivity contribution in [3.8, 4) is 0 Å². The molecule has 14 heavy (non-hydrogen) atoms. The minimum Gasteiger partial charge on any atom is -0.461 e. The van der Waals surface area contributed by atoms with Gasteiger partial charge in [-0.25, -0.2) is 0 Å². The lowest BCUT2D eigenvalue weighted by Gasteiger charge is -2.33. The Morgan fingerprint density at radius 1 is 1.57 bits per heavy atom. The van der Waals surface area contributed by atoms with Crippen LogP contribution in [0, 0.1) is 0 Å². The Hall–Kier alpha value is -1.25. The Kier molecular flexibility index (Phi) is 2.10. The van der Waals surface area contributed by atoms with Crippen LogP contribution >= 0.6 is 0 Å². The van der Waals surface area contributed by atoms with Gasteiger partial charge in [-0.15, -0.1) is 0 Å². The molecule has 2 heterocycles. The van der Waals surface area contributed by atoms with Gasteiger partial charge in [0, 0.05) is 5.54 Å². The maximum Gasteiger partial charge on any atom is 0.168 e. The Balaban J connectivity index is 2.28. The van der Waals surface area contributed by atoms with E-state index < -0.39 is 0 Å². The molecule has 0 aromatic carbocycles. The molecule has 1 aliphatic rings. The molecule has 3 heteroatoms. The summed E-state index contributed by atoms with van der Waals surface area (Å²) in [6.45, 7) is 6.49. The van der Waals surface area contributed by atoms with Crippen molar-refractivity contribution < 1.29 is 4.42 Å². The average molecular weight is 192 g/mol. The van der Waals surface area contributed by atoms with Gasteiger partial charge in [-0.3, -0.25) is 4.99 Å². The Bertz CT molecular complexity index is 338. The zero-order valence-corrected chi connectivity index (χ0v) is 8.87. The first kappa shape index (κ1) is 9.31. The number of nitrogens with one attached hydrogen (secondary N) is 1. The Morgan fingerprint density at radius 3 is 2.93 bits per heavy atom. The molecule has 2 rings (SSSR count). The summed E-state index contributed by atoms with van der Waals surface area (Å²) in [4.78, 5) is 4.53. The van der Waals surface area contributed by atoms with Crippen LogP contribution in [0.25, 0.3) is 0 Å². The van der Waals surface area contributed by atoms with Gasteiger partial charge in [0.2, 0.25) is 0 Å². The quantitative estimate of drug-likeness (QED) is 0.740. The minimum absolute atomic E-state index is 0.100. The molecule has 3 nitrogen and oxygen atoms in total. The van der Waals surface area contributed by atoms with Crippen molar-refractivity contribution >= 4 is 5.84 Å². The zero-order valence-electron chi connectivity index (χ0n) is 8.87. The summed E-state index contributed by atoms with van der Waals surface area (Å²) in [5.41, 5.74) is 0.100. The van der Waals surface area contributed by atoms with Gasteiger partial charge in [0.05, 0.1) is 12.3 Å². The van der Waals surface area contributed by atoms with E-state index in [2.05, 4.69) is 31.1 Å². The van der Waals surface area contributed by atoms with Crippen LogP contribution in [0.15, 0.2) is 27.8 Å². The highest BCUT2D eigenvalue weighted by Gasteiger charge is 2.28. The van der Waals surface area contributed by atoms with Crippen molar-refractivity contribution in [2.75, 3.05) is 0 Å². The van der Waals surface area contributed by atoms with E-state index in [-0.39, 0.29) is 5.54 Å². The van der Waals surface area contributed by atoms with E-state index in [1.807, 2.05) is 12.1 Å². The summed E-state index contributed by atoms with van der Waals surface area (Å²) in [6, 6.07) is 4.16. The fourth-order valence-corrected chi connectivity index (χ4v) is 1.95. The highest BCUT2D eigenvalue weighted by Crippen LogP contribution is 2.20. The molecule has 0 saturated heterocycles. The van der Waals surface area contributed by atoms with Gasteiger partial charge in [-0.1, -0.05) is 0 Å². The van der Waals surface area contributed by atoms with Gasteiger partial charge in [-0.05, 0) is 39.3 Å². The van der Waals surface area contributed by atoms with Gasteiger partial charge < -0.3 is 9.73 Å². The molecule has 0 fully saturated rings. The fraction of sp³-hybridized carbons (Fsp3) is 0.545. The smallest absolute Gasteiger partial charge is 0.168 e. The normalized spacial score (nSPS) is 25.4. The number of aliphatic imine (C=N–C) groups is 1. The largest absolute Gasteiger partial charge is 0.461 e. The molecule has 1 aromatic rings. The molecule has 0 amide bonds. The van der Waals surface area contributed by atoms with Crippen molar-refractivity contribution in [3.05, 3.63) is 24.2 Å². The topological polar surface area (TPSA) is 37.5 Å². The van der Waals surface area contributed by atoms with Crippen LogP contribution < -0.4 is 5.32 Å². The molecule has 0 saturated carbocycles. The average Bonchev–Trinajstić information content (AvgIpc) is 2.51. The highest BCUT2D eigenvalue weighted by molar-refractivity contribution is 5.97. The molecule has 1 atom stereocenters. The minimum atomic E-state index is 0.100. The summed E-state index contributed by atoms with van der Waals surface area (Å²) in [5.74, 6) is 1.70. The second-order valence-electron chi connectivity index (χ2n) is 4.52. The molecule has 0 aliphatic carbocycles. The van der Waals surface area contributed by atoms with Crippen LogP contribution in [-0.2, 0) is 0 Å². The molecule has 1 aromatic heterocycles. The first-order valence-electron chi connectivity index (χ1n) is 4.97. The van der Waals surface area contributed by atoms with Crippen molar-refractivity contribution in [2.45, 2.75) is 38.8 Å². The molecule has 1 unspecified atom stereocenters. The molecule has 1 N–H and O–H groups in total. The van der Waals surface area contributed by atoms with Crippen molar-refractivity contribution in [1.82, 2.24) is 5.32 Å². The zero-order chi connectivity index (χ0) is 10.2. The summed E-state index contributed by atoms with van der Waals surface area (Å²) in [6.07, 6.45) is 2.73. The first-order valence-corrected chi connectivity index (χ1v) is 4.97. The molecule has 0 bridgehead atoms. The van der Waals surface area contributed by atoms with Crippen LogP contribution in [0.3, 0.4) is 0 Å². The summed E-state index contributed by atoms with van der Waals surface area (Å²) in [7, 11) is 0. The van der Waals surface area contributed by atoms with E-state index in [4.69, 9.17) is 4.42 Å². The van der Waals surface area contributed by atoms with Crippen molar-refractivity contribution in [3.63, 3.8) is 0 Å². The Labute approximate surface area is 84.2 Å². The fourth-order valence-electron chi connectivity index (χ4n) is 1.95. The lowest BCUT2D eigenvalue weighted by Crippen LogP contribution is -2.49. The number of hydrogen-bond donors (Lipinski definition) is 1. The summed E-state index contributed by atoms with van der Waals surface area (Å²) >= 11 is 0. The molecule has 1 aliphatic heterocycles. The monoisotopic (exact) mass is 192 g/mol. The molecular weight excluding hydrogens is 176 g/mol. The third-order valence-electron chi connectivity index (χ3n) is 2.37. The van der Waals surface area contributed by atoms with Crippen LogP contribution in [0.4, 0.5) is 0 Å². The van der Waals surface area contributed by atoms with Gasteiger partial charge >= 0.3 is 0 Å². The second-order valence-corrected chi connectivity index (χ2v) is 4.52. The molecule has 0 radical (unpaired) electrons. The lowest BCUT2D eigenvalue weighted by molar-refractivity contribution is 0.369. The SMILES string of the molecule is CC1CC(C)(C)NC(c2ccco2)=N1. The van der Waals surface area contributed by atoms with E-state index in [1.165, 1.54) is 0 Å². The first-order chi connectivity index (χ1) is 6.57. The Morgan fingerprint density at radius 2 is 2.36 bits per heavy atom. The van der Waals surface area contributed by atoms with Gasteiger partial charge in [-0.2, -0.15) is 0 Å². The predicted octanol–water partition coefficient (Wildman–Crippen LogP) is 2.19. The van der Waals surface area contributed by atoms with Crippen molar-refractivity contribution in [1.29, 1.82) is 0 Å². The lowest BCUT2D eigenvalue weighted by atomic mass is 9.94. The number of furan rings is 1. The standard InChI is InChI=1S/C11H16N2O/c1-8-7-11(2,3)13-10(12-8)9-5-4-6-14-9/h4-6,8H,7H2,1-3H3,(H,12,13). The van der Waals surface area contributed by atoms with E-state index in [0.717, 1.165) is 18.0 Å². The van der Waals surface area contributed by atoms with Crippen LogP contribution in [0.1, 0.15) is 33.0 Å². The third kappa shape index (κ3) is 1.81. The maximum absolute atomic E-state index is 5.32. The molecular formula is C11H16N2O. The number of amidine groups is 1. The van der Waals surface area contributed by atoms with Crippen LogP contribution in [0.5, 0.6) is 0 Å². The van der Waals surface area contributed by atoms with Crippen LogP contribution in [-0.4, -0.2) is 17.4 Å². The van der Waals surface area contributed by atoms with E-state index in [1.54, 1.807) is 6.26 Å². The van der Waals surface area contributed by atoms with E-state index >= 15 is 0 Å². The van der Waals surface area contributed by atoms with E-state index in [0.29, 0.717) is 6.04 Å². The number of rotatable bonds is 1. The second kappa shape index (κ2) is 3.15.